The topological polar surface area (TPSA) is 39.9 Å². The minimum Gasteiger partial charge on any atom is -0.498 e. The van der Waals surface area contributed by atoms with Crippen LogP contribution in [0.25, 0.3) is 12.2 Å². The number of ether oxygens (including phenoxy) is 1. The highest BCUT2D eigenvalue weighted by atomic mass is 16.5. The molecule has 0 N–H and O–H groups in total. The summed E-state index contributed by atoms with van der Waals surface area (Å²) < 4.78 is 5.55. The van der Waals surface area contributed by atoms with Crippen LogP contribution in [0.4, 0.5) is 0 Å². The zero-order valence-corrected chi connectivity index (χ0v) is 12.4. The van der Waals surface area contributed by atoms with Gasteiger partial charge in [-0.3, -0.25) is 0 Å². The van der Waals surface area contributed by atoms with E-state index in [4.69, 9.17) is 4.74 Å². The van der Waals surface area contributed by atoms with Gasteiger partial charge < -0.3 is 4.74 Å². The van der Waals surface area contributed by atoms with Crippen LogP contribution >= 0.6 is 0 Å². The molecular weight excluding hydrogens is 250 g/mol. The van der Waals surface area contributed by atoms with E-state index in [1.165, 1.54) is 0 Å². The number of unbranched alkanes of at least 4 members (excludes halogenated alkanes) is 1. The number of nitrogens with zero attached hydrogens (tertiary/aromatic N) is 3. The van der Waals surface area contributed by atoms with Crippen molar-refractivity contribution < 1.29 is 4.74 Å². The molecule has 2 rings (SSSR count). The SMILES string of the molecule is C=C(CCn1nc2c(n1)C=CC(C)C=C2)OCCCC. The molecule has 1 aliphatic rings. The molecule has 1 aromatic rings. The lowest BCUT2D eigenvalue weighted by atomic mass is 10.2. The molecule has 0 saturated carbocycles. The molecule has 0 bridgehead atoms. The summed E-state index contributed by atoms with van der Waals surface area (Å²) in [4.78, 5) is 1.73. The molecule has 0 spiro atoms. The van der Waals surface area contributed by atoms with Crippen molar-refractivity contribution in [2.45, 2.75) is 39.7 Å². The molecule has 0 fully saturated rings. The van der Waals surface area contributed by atoms with Crippen molar-refractivity contribution in [1.29, 1.82) is 0 Å². The lowest BCUT2D eigenvalue weighted by molar-refractivity contribution is 0.194. The van der Waals surface area contributed by atoms with Gasteiger partial charge in [0.05, 0.1) is 18.9 Å². The summed E-state index contributed by atoms with van der Waals surface area (Å²) in [6.07, 6.45) is 11.3. The Kier molecular flexibility index (Phi) is 5.16. The number of hydrogen-bond donors (Lipinski definition) is 0. The summed E-state index contributed by atoms with van der Waals surface area (Å²) in [5.74, 6) is 1.25. The first-order chi connectivity index (χ1) is 9.69. The van der Waals surface area contributed by atoms with Gasteiger partial charge in [-0.2, -0.15) is 15.0 Å². The Hall–Kier alpha value is -1.84. The first kappa shape index (κ1) is 14.6. The first-order valence-electron chi connectivity index (χ1n) is 7.31. The van der Waals surface area contributed by atoms with Gasteiger partial charge in [-0.15, -0.1) is 0 Å². The van der Waals surface area contributed by atoms with Crippen molar-refractivity contribution in [3.8, 4) is 0 Å². The molecular formula is C16H23N3O. The summed E-state index contributed by atoms with van der Waals surface area (Å²) in [5, 5.41) is 8.97. The van der Waals surface area contributed by atoms with Crippen molar-refractivity contribution in [2.24, 2.45) is 5.92 Å². The van der Waals surface area contributed by atoms with Gasteiger partial charge in [-0.25, -0.2) is 0 Å². The van der Waals surface area contributed by atoms with Gasteiger partial charge in [-0.05, 0) is 24.5 Å². The smallest absolute Gasteiger partial charge is 0.112 e. The fourth-order valence-electron chi connectivity index (χ4n) is 1.92. The molecule has 108 valence electrons. The van der Waals surface area contributed by atoms with Gasteiger partial charge in [0.2, 0.25) is 0 Å². The maximum absolute atomic E-state index is 5.55. The van der Waals surface area contributed by atoms with Crippen LogP contribution in [0.1, 0.15) is 44.5 Å². The van der Waals surface area contributed by atoms with Gasteiger partial charge in [-0.1, -0.05) is 39.0 Å². The van der Waals surface area contributed by atoms with E-state index in [2.05, 4.69) is 42.8 Å². The maximum Gasteiger partial charge on any atom is 0.112 e. The lowest BCUT2D eigenvalue weighted by Gasteiger charge is -2.07. The Morgan fingerprint density at radius 2 is 1.95 bits per heavy atom. The van der Waals surface area contributed by atoms with Crippen LogP contribution in [0.2, 0.25) is 0 Å². The highest BCUT2D eigenvalue weighted by Gasteiger charge is 2.09. The van der Waals surface area contributed by atoms with E-state index < -0.39 is 0 Å². The van der Waals surface area contributed by atoms with E-state index in [0.717, 1.165) is 43.0 Å². The van der Waals surface area contributed by atoms with Gasteiger partial charge in [0, 0.05) is 6.42 Å². The summed E-state index contributed by atoms with van der Waals surface area (Å²) in [6, 6.07) is 0. The third-order valence-corrected chi connectivity index (χ3v) is 3.22. The largest absolute Gasteiger partial charge is 0.498 e. The second kappa shape index (κ2) is 7.08. The second-order valence-corrected chi connectivity index (χ2v) is 5.13. The number of rotatable bonds is 7. The number of allylic oxidation sites excluding steroid dienone is 3. The molecule has 1 heterocycles. The van der Waals surface area contributed by atoms with Crippen LogP contribution in [-0.4, -0.2) is 21.6 Å². The van der Waals surface area contributed by atoms with Crippen LogP contribution < -0.4 is 0 Å². The average molecular weight is 273 g/mol. The van der Waals surface area contributed by atoms with Crippen molar-refractivity contribution >= 4 is 12.2 Å². The zero-order valence-electron chi connectivity index (χ0n) is 12.4. The van der Waals surface area contributed by atoms with E-state index in [9.17, 15) is 0 Å². The van der Waals surface area contributed by atoms with Crippen molar-refractivity contribution in [3.05, 3.63) is 35.9 Å². The van der Waals surface area contributed by atoms with Crippen LogP contribution in [0.15, 0.2) is 24.5 Å². The van der Waals surface area contributed by atoms with E-state index in [1.807, 2.05) is 12.2 Å². The third-order valence-electron chi connectivity index (χ3n) is 3.22. The quantitative estimate of drug-likeness (QED) is 0.562. The molecule has 0 unspecified atom stereocenters. The summed E-state index contributed by atoms with van der Waals surface area (Å²) in [6.45, 7) is 9.68. The molecule has 4 heteroatoms. The molecule has 1 aromatic heterocycles. The van der Waals surface area contributed by atoms with Crippen LogP contribution in [0.3, 0.4) is 0 Å². The Balaban J connectivity index is 1.86. The summed E-state index contributed by atoms with van der Waals surface area (Å²) in [5.41, 5.74) is 1.87. The molecule has 0 atom stereocenters. The molecule has 0 aromatic carbocycles. The summed E-state index contributed by atoms with van der Waals surface area (Å²) in [7, 11) is 0. The Bertz CT molecular complexity index is 482. The molecule has 1 aliphatic carbocycles. The van der Waals surface area contributed by atoms with Crippen molar-refractivity contribution in [3.63, 3.8) is 0 Å². The Morgan fingerprint density at radius 3 is 2.55 bits per heavy atom. The molecule has 0 radical (unpaired) electrons. The number of aromatic nitrogens is 3. The first-order valence-corrected chi connectivity index (χ1v) is 7.31. The van der Waals surface area contributed by atoms with Gasteiger partial charge in [0.1, 0.15) is 11.4 Å². The standard InChI is InChI=1S/C16H23N3O/c1-4-5-12-20-14(3)10-11-19-17-15-8-6-13(2)7-9-16(15)18-19/h6-9,13H,3-5,10-12H2,1-2H3. The third kappa shape index (κ3) is 4.08. The number of hydrogen-bond acceptors (Lipinski definition) is 3. The highest BCUT2D eigenvalue weighted by Crippen LogP contribution is 2.16. The van der Waals surface area contributed by atoms with E-state index in [1.54, 1.807) is 4.80 Å². The van der Waals surface area contributed by atoms with Crippen molar-refractivity contribution in [1.82, 2.24) is 15.0 Å². The van der Waals surface area contributed by atoms with Crippen LogP contribution in [0.5, 0.6) is 0 Å². The minimum absolute atomic E-state index is 0.436. The van der Waals surface area contributed by atoms with Gasteiger partial charge >= 0.3 is 0 Å². The van der Waals surface area contributed by atoms with Crippen LogP contribution in [-0.2, 0) is 11.3 Å². The average Bonchev–Trinajstić information content (AvgIpc) is 2.75. The Labute approximate surface area is 120 Å². The second-order valence-electron chi connectivity index (χ2n) is 5.13. The lowest BCUT2D eigenvalue weighted by Crippen LogP contribution is -2.05. The fraction of sp³-hybridized carbons (Fsp3) is 0.500. The fourth-order valence-corrected chi connectivity index (χ4v) is 1.92. The predicted molar refractivity (Wildman–Crippen MR) is 81.9 cm³/mol. The normalized spacial score (nSPS) is 14.1. The Morgan fingerprint density at radius 1 is 1.30 bits per heavy atom. The zero-order chi connectivity index (χ0) is 14.4. The maximum atomic E-state index is 5.55. The number of aryl methyl sites for hydroxylation is 1. The van der Waals surface area contributed by atoms with Crippen LogP contribution in [0, 0.1) is 5.92 Å². The van der Waals surface area contributed by atoms with E-state index in [-0.39, 0.29) is 0 Å². The molecule has 0 aliphatic heterocycles. The summed E-state index contributed by atoms with van der Waals surface area (Å²) >= 11 is 0. The molecule has 0 saturated heterocycles. The van der Waals surface area contributed by atoms with Gasteiger partial charge in [0.15, 0.2) is 0 Å². The van der Waals surface area contributed by atoms with Crippen molar-refractivity contribution in [2.75, 3.05) is 6.61 Å². The molecule has 20 heavy (non-hydrogen) atoms. The predicted octanol–water partition coefficient (Wildman–Crippen LogP) is 3.67. The monoisotopic (exact) mass is 273 g/mol. The number of fused-ring (bicyclic) bond motifs is 1. The minimum atomic E-state index is 0.436. The highest BCUT2D eigenvalue weighted by molar-refractivity contribution is 5.61. The van der Waals surface area contributed by atoms with E-state index in [0.29, 0.717) is 12.5 Å². The molecule has 4 nitrogen and oxygen atoms in total. The van der Waals surface area contributed by atoms with Gasteiger partial charge in [0.25, 0.3) is 0 Å². The molecule has 0 amide bonds. The van der Waals surface area contributed by atoms with E-state index >= 15 is 0 Å².